The van der Waals surface area contributed by atoms with Gasteiger partial charge in [0.25, 0.3) is 0 Å². The second-order valence-corrected chi connectivity index (χ2v) is 6.06. The summed E-state index contributed by atoms with van der Waals surface area (Å²) in [6, 6.07) is 11.9. The molecular formula is C17H28N2O. The Hall–Kier alpha value is -0.900. The maximum atomic E-state index is 9.17. The molecule has 0 aromatic heterocycles. The van der Waals surface area contributed by atoms with Crippen LogP contribution in [0.25, 0.3) is 0 Å². The summed E-state index contributed by atoms with van der Waals surface area (Å²) >= 11 is 0. The average molecular weight is 276 g/mol. The Labute approximate surface area is 123 Å². The molecule has 1 saturated heterocycles. The van der Waals surface area contributed by atoms with E-state index >= 15 is 0 Å². The van der Waals surface area contributed by atoms with Crippen LogP contribution in [0.15, 0.2) is 30.3 Å². The van der Waals surface area contributed by atoms with E-state index in [2.05, 4.69) is 54.0 Å². The Morgan fingerprint density at radius 3 is 2.70 bits per heavy atom. The lowest BCUT2D eigenvalue weighted by molar-refractivity contribution is 0.124. The van der Waals surface area contributed by atoms with Gasteiger partial charge in [0, 0.05) is 31.7 Å². The van der Waals surface area contributed by atoms with Crippen molar-refractivity contribution in [3.8, 4) is 0 Å². The minimum Gasteiger partial charge on any atom is -0.395 e. The summed E-state index contributed by atoms with van der Waals surface area (Å²) in [6.45, 7) is 8.90. The standard InChI is InChI=1S/C17H28N2O/c1-15(2)19(13-16-7-4-3-5-8-16)14-17-9-6-10-18(17)11-12-20/h3-5,7-8,15,17,20H,6,9-14H2,1-2H3/t17-/m1/s1. The monoisotopic (exact) mass is 276 g/mol. The van der Waals surface area contributed by atoms with Gasteiger partial charge in [-0.05, 0) is 38.8 Å². The lowest BCUT2D eigenvalue weighted by Gasteiger charge is -2.33. The number of likely N-dealkylation sites (tertiary alicyclic amines) is 1. The second kappa shape index (κ2) is 7.77. The first-order valence-electron chi connectivity index (χ1n) is 7.83. The van der Waals surface area contributed by atoms with Crippen LogP contribution in [0.1, 0.15) is 32.3 Å². The van der Waals surface area contributed by atoms with Crippen LogP contribution in [0.5, 0.6) is 0 Å². The first-order chi connectivity index (χ1) is 9.70. The summed E-state index contributed by atoms with van der Waals surface area (Å²) in [6.07, 6.45) is 2.53. The van der Waals surface area contributed by atoms with Crippen LogP contribution in [-0.2, 0) is 6.54 Å². The van der Waals surface area contributed by atoms with E-state index in [4.69, 9.17) is 5.11 Å². The fourth-order valence-electron chi connectivity index (χ4n) is 3.07. The molecule has 1 aromatic rings. The van der Waals surface area contributed by atoms with Gasteiger partial charge in [-0.25, -0.2) is 0 Å². The van der Waals surface area contributed by atoms with Crippen molar-refractivity contribution in [3.63, 3.8) is 0 Å². The van der Waals surface area contributed by atoms with Gasteiger partial charge in [0.1, 0.15) is 0 Å². The zero-order valence-corrected chi connectivity index (χ0v) is 12.8. The van der Waals surface area contributed by atoms with E-state index in [9.17, 15) is 0 Å². The summed E-state index contributed by atoms with van der Waals surface area (Å²) in [4.78, 5) is 5.00. The zero-order chi connectivity index (χ0) is 14.4. The number of rotatable bonds is 7. The van der Waals surface area contributed by atoms with Crippen LogP contribution < -0.4 is 0 Å². The van der Waals surface area contributed by atoms with Crippen molar-refractivity contribution in [2.24, 2.45) is 0 Å². The number of aliphatic hydroxyl groups is 1. The normalized spacial score (nSPS) is 20.1. The second-order valence-electron chi connectivity index (χ2n) is 6.06. The largest absolute Gasteiger partial charge is 0.395 e. The Morgan fingerprint density at radius 2 is 2.05 bits per heavy atom. The molecule has 0 aliphatic carbocycles. The average Bonchev–Trinajstić information content (AvgIpc) is 2.87. The fraction of sp³-hybridized carbons (Fsp3) is 0.647. The molecule has 3 nitrogen and oxygen atoms in total. The molecule has 0 saturated carbocycles. The van der Waals surface area contributed by atoms with Crippen molar-refractivity contribution in [1.82, 2.24) is 9.80 Å². The van der Waals surface area contributed by atoms with E-state index in [0.29, 0.717) is 12.1 Å². The third kappa shape index (κ3) is 4.30. The molecule has 1 fully saturated rings. The van der Waals surface area contributed by atoms with E-state index in [-0.39, 0.29) is 6.61 Å². The Kier molecular flexibility index (Phi) is 6.02. The van der Waals surface area contributed by atoms with E-state index < -0.39 is 0 Å². The highest BCUT2D eigenvalue weighted by atomic mass is 16.3. The molecule has 0 radical (unpaired) electrons. The quantitative estimate of drug-likeness (QED) is 0.828. The number of aliphatic hydroxyl groups excluding tert-OH is 1. The van der Waals surface area contributed by atoms with Gasteiger partial charge in [0.2, 0.25) is 0 Å². The molecule has 1 atom stereocenters. The molecule has 0 amide bonds. The summed E-state index contributed by atoms with van der Waals surface area (Å²) in [5, 5.41) is 9.17. The lowest BCUT2D eigenvalue weighted by atomic mass is 10.1. The first-order valence-corrected chi connectivity index (χ1v) is 7.83. The topological polar surface area (TPSA) is 26.7 Å². The Morgan fingerprint density at radius 1 is 1.30 bits per heavy atom. The van der Waals surface area contributed by atoms with Crippen LogP contribution in [0, 0.1) is 0 Å². The van der Waals surface area contributed by atoms with Gasteiger partial charge in [-0.1, -0.05) is 30.3 Å². The van der Waals surface area contributed by atoms with Crippen LogP contribution in [0.2, 0.25) is 0 Å². The maximum Gasteiger partial charge on any atom is 0.0558 e. The van der Waals surface area contributed by atoms with Crippen LogP contribution in [0.4, 0.5) is 0 Å². The van der Waals surface area contributed by atoms with Crippen molar-refractivity contribution in [3.05, 3.63) is 35.9 Å². The highest BCUT2D eigenvalue weighted by Crippen LogP contribution is 2.19. The molecule has 3 heteroatoms. The maximum absolute atomic E-state index is 9.17. The van der Waals surface area contributed by atoms with Gasteiger partial charge in [0.05, 0.1) is 6.61 Å². The van der Waals surface area contributed by atoms with E-state index in [1.54, 1.807) is 0 Å². The van der Waals surface area contributed by atoms with Gasteiger partial charge in [-0.3, -0.25) is 9.80 Å². The molecule has 112 valence electrons. The van der Waals surface area contributed by atoms with Gasteiger partial charge in [-0.15, -0.1) is 0 Å². The van der Waals surface area contributed by atoms with Crippen LogP contribution in [-0.4, -0.2) is 53.2 Å². The minimum absolute atomic E-state index is 0.275. The van der Waals surface area contributed by atoms with Gasteiger partial charge >= 0.3 is 0 Å². The molecule has 1 heterocycles. The molecular weight excluding hydrogens is 248 g/mol. The highest BCUT2D eigenvalue weighted by Gasteiger charge is 2.26. The molecule has 0 bridgehead atoms. The van der Waals surface area contributed by atoms with Crippen LogP contribution in [0.3, 0.4) is 0 Å². The number of β-amino-alcohol motifs (C(OH)–C–C–N with tert-alkyl or cyclic N) is 1. The summed E-state index contributed by atoms with van der Waals surface area (Å²) in [5.74, 6) is 0. The molecule has 0 spiro atoms. The van der Waals surface area contributed by atoms with Crippen molar-refractivity contribution < 1.29 is 5.11 Å². The molecule has 1 aromatic carbocycles. The number of hydrogen-bond acceptors (Lipinski definition) is 3. The fourth-order valence-corrected chi connectivity index (χ4v) is 3.07. The first kappa shape index (κ1) is 15.5. The third-order valence-electron chi connectivity index (χ3n) is 4.29. The molecule has 20 heavy (non-hydrogen) atoms. The minimum atomic E-state index is 0.275. The number of hydrogen-bond donors (Lipinski definition) is 1. The zero-order valence-electron chi connectivity index (χ0n) is 12.8. The molecule has 1 N–H and O–H groups in total. The smallest absolute Gasteiger partial charge is 0.0558 e. The SMILES string of the molecule is CC(C)N(Cc1ccccc1)C[C@H]1CCCN1CCO. The van der Waals surface area contributed by atoms with Crippen molar-refractivity contribution in [2.45, 2.75) is 45.3 Å². The summed E-state index contributed by atoms with van der Waals surface area (Å²) < 4.78 is 0. The number of benzene rings is 1. The molecule has 0 unspecified atom stereocenters. The van der Waals surface area contributed by atoms with Crippen LogP contribution >= 0.6 is 0 Å². The van der Waals surface area contributed by atoms with Crippen molar-refractivity contribution in [1.29, 1.82) is 0 Å². The molecule has 1 aliphatic heterocycles. The van der Waals surface area contributed by atoms with E-state index in [1.807, 2.05) is 0 Å². The Bertz CT molecular complexity index is 380. The predicted octanol–water partition coefficient (Wildman–Crippen LogP) is 2.35. The third-order valence-corrected chi connectivity index (χ3v) is 4.29. The lowest BCUT2D eigenvalue weighted by Crippen LogP contribution is -2.43. The van der Waals surface area contributed by atoms with Gasteiger partial charge in [0.15, 0.2) is 0 Å². The highest BCUT2D eigenvalue weighted by molar-refractivity contribution is 5.14. The summed E-state index contributed by atoms with van der Waals surface area (Å²) in [5.41, 5.74) is 1.38. The van der Waals surface area contributed by atoms with E-state index in [0.717, 1.165) is 26.2 Å². The number of nitrogens with zero attached hydrogens (tertiary/aromatic N) is 2. The van der Waals surface area contributed by atoms with Crippen molar-refractivity contribution >= 4 is 0 Å². The van der Waals surface area contributed by atoms with Crippen molar-refractivity contribution in [2.75, 3.05) is 26.2 Å². The van der Waals surface area contributed by atoms with E-state index in [1.165, 1.54) is 18.4 Å². The summed E-state index contributed by atoms with van der Waals surface area (Å²) in [7, 11) is 0. The van der Waals surface area contributed by atoms with Gasteiger partial charge in [-0.2, -0.15) is 0 Å². The molecule has 1 aliphatic rings. The molecule has 2 rings (SSSR count). The predicted molar refractivity (Wildman–Crippen MR) is 83.7 cm³/mol. The van der Waals surface area contributed by atoms with Gasteiger partial charge < -0.3 is 5.11 Å². The Balaban J connectivity index is 1.95.